The van der Waals surface area contributed by atoms with Gasteiger partial charge in [-0.25, -0.2) is 0 Å². The SMILES string of the molecule is COc1cc(CNC(=O)c2ccc3c(c2)c(C)c(C)n3Cc2ccccc2)cc(OC)c1OC. The molecule has 4 rings (SSSR count). The van der Waals surface area contributed by atoms with Crippen LogP contribution in [0.4, 0.5) is 0 Å². The number of aromatic nitrogens is 1. The Bertz CT molecular complexity index is 1300. The van der Waals surface area contributed by atoms with Crippen LogP contribution in [0.3, 0.4) is 0 Å². The van der Waals surface area contributed by atoms with Gasteiger partial charge in [0.2, 0.25) is 5.75 Å². The number of hydrogen-bond acceptors (Lipinski definition) is 4. The Morgan fingerprint density at radius 3 is 2.15 bits per heavy atom. The summed E-state index contributed by atoms with van der Waals surface area (Å²) in [7, 11) is 4.71. The molecule has 6 nitrogen and oxygen atoms in total. The predicted octanol–water partition coefficient (Wildman–Crippen LogP) is 5.26. The number of amides is 1. The smallest absolute Gasteiger partial charge is 0.251 e. The zero-order valence-corrected chi connectivity index (χ0v) is 20.3. The summed E-state index contributed by atoms with van der Waals surface area (Å²) >= 11 is 0. The van der Waals surface area contributed by atoms with Gasteiger partial charge >= 0.3 is 0 Å². The predicted molar refractivity (Wildman–Crippen MR) is 134 cm³/mol. The van der Waals surface area contributed by atoms with Gasteiger partial charge in [0.25, 0.3) is 5.91 Å². The molecule has 6 heteroatoms. The highest BCUT2D eigenvalue weighted by atomic mass is 16.5. The normalized spacial score (nSPS) is 10.9. The summed E-state index contributed by atoms with van der Waals surface area (Å²) in [6, 6.07) is 20.0. The molecule has 0 aliphatic rings. The number of rotatable bonds is 8. The van der Waals surface area contributed by atoms with Crippen molar-refractivity contribution >= 4 is 16.8 Å². The van der Waals surface area contributed by atoms with Crippen molar-refractivity contribution in [3.8, 4) is 17.2 Å². The molecule has 176 valence electrons. The first-order valence-electron chi connectivity index (χ1n) is 11.2. The lowest BCUT2D eigenvalue weighted by Gasteiger charge is -2.14. The van der Waals surface area contributed by atoms with Gasteiger partial charge in [0, 0.05) is 35.2 Å². The van der Waals surface area contributed by atoms with Gasteiger partial charge in [0.05, 0.1) is 21.3 Å². The summed E-state index contributed by atoms with van der Waals surface area (Å²) in [4.78, 5) is 13.0. The number of benzene rings is 3. The van der Waals surface area contributed by atoms with Gasteiger partial charge in [0.1, 0.15) is 0 Å². The van der Waals surface area contributed by atoms with E-state index < -0.39 is 0 Å². The number of fused-ring (bicyclic) bond motifs is 1. The monoisotopic (exact) mass is 458 g/mol. The number of nitrogens with one attached hydrogen (secondary N) is 1. The third-order valence-corrected chi connectivity index (χ3v) is 6.26. The molecule has 1 amide bonds. The molecule has 0 aliphatic heterocycles. The molecule has 1 aromatic heterocycles. The van der Waals surface area contributed by atoms with Crippen molar-refractivity contribution in [1.82, 2.24) is 9.88 Å². The van der Waals surface area contributed by atoms with Gasteiger partial charge in [-0.3, -0.25) is 4.79 Å². The average Bonchev–Trinajstić information content (AvgIpc) is 3.11. The molecular formula is C28H30N2O4. The van der Waals surface area contributed by atoms with Crippen LogP contribution >= 0.6 is 0 Å². The van der Waals surface area contributed by atoms with Crippen LogP contribution in [0.1, 0.15) is 32.7 Å². The molecule has 1 N–H and O–H groups in total. The molecule has 34 heavy (non-hydrogen) atoms. The van der Waals surface area contributed by atoms with Crippen molar-refractivity contribution < 1.29 is 19.0 Å². The van der Waals surface area contributed by atoms with Crippen molar-refractivity contribution in [3.05, 3.63) is 88.6 Å². The van der Waals surface area contributed by atoms with E-state index >= 15 is 0 Å². The number of methoxy groups -OCH3 is 3. The molecular weight excluding hydrogens is 428 g/mol. The first kappa shape index (κ1) is 23.2. The Morgan fingerprint density at radius 2 is 1.53 bits per heavy atom. The van der Waals surface area contributed by atoms with Gasteiger partial charge < -0.3 is 24.1 Å². The van der Waals surface area contributed by atoms with Crippen LogP contribution < -0.4 is 19.5 Å². The zero-order chi connectivity index (χ0) is 24.2. The summed E-state index contributed by atoms with van der Waals surface area (Å²) < 4.78 is 18.5. The molecule has 1 heterocycles. The molecule has 0 saturated carbocycles. The van der Waals surface area contributed by atoms with Crippen molar-refractivity contribution in [3.63, 3.8) is 0 Å². The van der Waals surface area contributed by atoms with Gasteiger partial charge in [-0.2, -0.15) is 0 Å². The molecule has 0 aliphatic carbocycles. The number of aryl methyl sites for hydroxylation is 1. The topological polar surface area (TPSA) is 61.7 Å². The Hall–Kier alpha value is -3.93. The highest BCUT2D eigenvalue weighted by Crippen LogP contribution is 2.38. The Balaban J connectivity index is 1.56. The lowest BCUT2D eigenvalue weighted by atomic mass is 10.1. The highest BCUT2D eigenvalue weighted by molar-refractivity contribution is 5.99. The van der Waals surface area contributed by atoms with Crippen LogP contribution in [0.25, 0.3) is 10.9 Å². The van der Waals surface area contributed by atoms with Crippen LogP contribution in [-0.4, -0.2) is 31.8 Å². The fraction of sp³-hybridized carbons (Fsp3) is 0.250. The van der Waals surface area contributed by atoms with Gasteiger partial charge in [-0.15, -0.1) is 0 Å². The Labute approximate surface area is 200 Å². The largest absolute Gasteiger partial charge is 0.493 e. The standard InChI is InChI=1S/C28H30N2O4/c1-18-19(2)30(17-20-9-7-6-8-10-20)24-12-11-22(15-23(18)24)28(31)29-16-21-13-25(32-3)27(34-5)26(14-21)33-4/h6-15H,16-17H2,1-5H3,(H,29,31). The van der Waals surface area contributed by atoms with Gasteiger partial charge in [-0.05, 0) is 60.9 Å². The number of ether oxygens (including phenoxy) is 3. The zero-order valence-electron chi connectivity index (χ0n) is 20.3. The Kier molecular flexibility index (Phi) is 6.77. The molecule has 0 fully saturated rings. The molecule has 0 bridgehead atoms. The minimum Gasteiger partial charge on any atom is -0.493 e. The molecule has 0 radical (unpaired) electrons. The second-order valence-corrected chi connectivity index (χ2v) is 8.23. The lowest BCUT2D eigenvalue weighted by molar-refractivity contribution is 0.0951. The van der Waals surface area contributed by atoms with Gasteiger partial charge in [0.15, 0.2) is 11.5 Å². The van der Waals surface area contributed by atoms with E-state index in [0.29, 0.717) is 29.4 Å². The lowest BCUT2D eigenvalue weighted by Crippen LogP contribution is -2.22. The first-order valence-corrected chi connectivity index (χ1v) is 11.2. The third kappa shape index (κ3) is 4.44. The minimum absolute atomic E-state index is 0.136. The van der Waals surface area contributed by atoms with E-state index in [4.69, 9.17) is 14.2 Å². The maximum Gasteiger partial charge on any atom is 0.251 e. The van der Waals surface area contributed by atoms with Gasteiger partial charge in [-0.1, -0.05) is 30.3 Å². The Morgan fingerprint density at radius 1 is 0.853 bits per heavy atom. The fourth-order valence-corrected chi connectivity index (χ4v) is 4.28. The summed E-state index contributed by atoms with van der Waals surface area (Å²) in [5.41, 5.74) is 6.23. The van der Waals surface area contributed by atoms with E-state index in [0.717, 1.165) is 23.0 Å². The van der Waals surface area contributed by atoms with E-state index in [1.807, 2.05) is 36.4 Å². The fourth-order valence-electron chi connectivity index (χ4n) is 4.28. The maximum absolute atomic E-state index is 13.0. The van der Waals surface area contributed by atoms with Crippen LogP contribution in [-0.2, 0) is 13.1 Å². The quantitative estimate of drug-likeness (QED) is 0.391. The van der Waals surface area contributed by atoms with E-state index in [2.05, 4.69) is 48.0 Å². The molecule has 0 spiro atoms. The van der Waals surface area contributed by atoms with Crippen LogP contribution in [0, 0.1) is 13.8 Å². The molecule has 0 unspecified atom stereocenters. The van der Waals surface area contributed by atoms with E-state index in [-0.39, 0.29) is 5.91 Å². The minimum atomic E-state index is -0.136. The van der Waals surface area contributed by atoms with Crippen molar-refractivity contribution in [1.29, 1.82) is 0 Å². The summed E-state index contributed by atoms with van der Waals surface area (Å²) in [6.07, 6.45) is 0. The van der Waals surface area contributed by atoms with Crippen LogP contribution in [0.2, 0.25) is 0 Å². The molecule has 0 atom stereocenters. The summed E-state index contributed by atoms with van der Waals surface area (Å²) in [6.45, 7) is 5.36. The molecule has 4 aromatic rings. The van der Waals surface area contributed by atoms with E-state index in [1.54, 1.807) is 21.3 Å². The summed E-state index contributed by atoms with van der Waals surface area (Å²) in [5, 5.41) is 4.09. The first-order chi connectivity index (χ1) is 16.5. The number of nitrogens with zero attached hydrogens (tertiary/aromatic N) is 1. The van der Waals surface area contributed by atoms with Crippen molar-refractivity contribution in [2.75, 3.05) is 21.3 Å². The second-order valence-electron chi connectivity index (χ2n) is 8.23. The number of hydrogen-bond donors (Lipinski definition) is 1. The van der Waals surface area contributed by atoms with E-state index in [1.165, 1.54) is 16.8 Å². The van der Waals surface area contributed by atoms with Crippen LogP contribution in [0.5, 0.6) is 17.2 Å². The van der Waals surface area contributed by atoms with E-state index in [9.17, 15) is 4.79 Å². The maximum atomic E-state index is 13.0. The molecule has 3 aromatic carbocycles. The van der Waals surface area contributed by atoms with Crippen molar-refractivity contribution in [2.24, 2.45) is 0 Å². The third-order valence-electron chi connectivity index (χ3n) is 6.26. The number of carbonyl (C=O) groups is 1. The van der Waals surface area contributed by atoms with Crippen LogP contribution in [0.15, 0.2) is 60.7 Å². The summed E-state index contributed by atoms with van der Waals surface area (Å²) in [5.74, 6) is 1.50. The average molecular weight is 459 g/mol. The second kappa shape index (κ2) is 9.91. The molecule has 0 saturated heterocycles. The highest BCUT2D eigenvalue weighted by Gasteiger charge is 2.16. The number of carbonyl (C=O) groups excluding carboxylic acids is 1. The van der Waals surface area contributed by atoms with Crippen molar-refractivity contribution in [2.45, 2.75) is 26.9 Å².